The number of epoxide rings is 1. The smallest absolute Gasteiger partial charge is 0.343 e. The minimum atomic E-state index is -0.326. The van der Waals surface area contributed by atoms with E-state index in [-0.39, 0.29) is 18.2 Å². The van der Waals surface area contributed by atoms with Crippen molar-refractivity contribution in [2.24, 2.45) is 5.92 Å². The number of ether oxygens (including phenoxy) is 2. The Balaban J connectivity index is 1.53. The van der Waals surface area contributed by atoms with Crippen molar-refractivity contribution in [3.8, 4) is 5.75 Å². The summed E-state index contributed by atoms with van der Waals surface area (Å²) in [6.07, 6.45) is 6.03. The molecule has 1 aromatic carbocycles. The van der Waals surface area contributed by atoms with Crippen LogP contribution in [0.5, 0.6) is 5.75 Å². The number of hydrogen-bond donors (Lipinski definition) is 0. The van der Waals surface area contributed by atoms with Crippen molar-refractivity contribution in [3.05, 3.63) is 30.3 Å². The highest BCUT2D eigenvalue weighted by Crippen LogP contribution is 2.38. The average molecular weight is 246 g/mol. The molecule has 2 atom stereocenters. The lowest BCUT2D eigenvalue weighted by molar-refractivity contribution is -0.135. The molecule has 3 rings (SSSR count). The molecule has 1 aliphatic carbocycles. The Morgan fingerprint density at radius 1 is 1.11 bits per heavy atom. The molecule has 2 unspecified atom stereocenters. The molecule has 1 saturated carbocycles. The van der Waals surface area contributed by atoms with Crippen molar-refractivity contribution in [1.82, 2.24) is 0 Å². The van der Waals surface area contributed by atoms with E-state index in [0.29, 0.717) is 11.7 Å². The number of benzene rings is 1. The number of hydrogen-bond acceptors (Lipinski definition) is 3. The van der Waals surface area contributed by atoms with Crippen LogP contribution in [0.15, 0.2) is 30.3 Å². The minimum Gasteiger partial charge on any atom is -0.425 e. The summed E-state index contributed by atoms with van der Waals surface area (Å²) >= 11 is 0. The van der Waals surface area contributed by atoms with Crippen molar-refractivity contribution >= 4 is 5.97 Å². The van der Waals surface area contributed by atoms with Crippen LogP contribution < -0.4 is 4.74 Å². The van der Waals surface area contributed by atoms with Crippen LogP contribution in [0.4, 0.5) is 0 Å². The average Bonchev–Trinajstić information content (AvgIpc) is 3.21. The summed E-state index contributed by atoms with van der Waals surface area (Å²) in [6, 6.07) is 9.19. The predicted molar refractivity (Wildman–Crippen MR) is 67.3 cm³/mol. The van der Waals surface area contributed by atoms with Crippen LogP contribution in [0.1, 0.15) is 32.1 Å². The van der Waals surface area contributed by atoms with E-state index < -0.39 is 0 Å². The highest BCUT2D eigenvalue weighted by Gasteiger charge is 2.50. The van der Waals surface area contributed by atoms with Gasteiger partial charge in [0.2, 0.25) is 0 Å². The molecule has 2 fully saturated rings. The van der Waals surface area contributed by atoms with E-state index in [0.717, 1.165) is 0 Å². The van der Waals surface area contributed by atoms with Gasteiger partial charge in [0, 0.05) is 0 Å². The lowest BCUT2D eigenvalue weighted by atomic mass is 9.86. The van der Waals surface area contributed by atoms with E-state index >= 15 is 0 Å². The van der Waals surface area contributed by atoms with Gasteiger partial charge in [-0.15, -0.1) is 0 Å². The first-order valence-corrected chi connectivity index (χ1v) is 6.77. The molecule has 0 aromatic heterocycles. The van der Waals surface area contributed by atoms with Gasteiger partial charge in [-0.3, -0.25) is 0 Å². The SMILES string of the molecule is O=C(Oc1ccccc1)C1OC1C1CCCCC1. The van der Waals surface area contributed by atoms with Crippen LogP contribution in [0.2, 0.25) is 0 Å². The maximum atomic E-state index is 11.9. The number of carbonyl (C=O) groups excluding carboxylic acids is 1. The third-order valence-electron chi connectivity index (χ3n) is 3.83. The topological polar surface area (TPSA) is 38.8 Å². The van der Waals surface area contributed by atoms with Gasteiger partial charge in [0.05, 0.1) is 6.10 Å². The molecular formula is C15H18O3. The fraction of sp³-hybridized carbons (Fsp3) is 0.533. The Morgan fingerprint density at radius 3 is 2.56 bits per heavy atom. The van der Waals surface area contributed by atoms with Crippen LogP contribution in [0, 0.1) is 5.92 Å². The second-order valence-corrected chi connectivity index (χ2v) is 5.15. The number of para-hydroxylation sites is 1. The Kier molecular flexibility index (Phi) is 3.33. The second kappa shape index (κ2) is 5.11. The summed E-state index contributed by atoms with van der Waals surface area (Å²) in [6.45, 7) is 0. The molecule has 3 heteroatoms. The molecule has 0 radical (unpaired) electrons. The number of carbonyl (C=O) groups is 1. The van der Waals surface area contributed by atoms with Crippen LogP contribution in [-0.2, 0) is 9.53 Å². The van der Waals surface area contributed by atoms with Crippen LogP contribution >= 0.6 is 0 Å². The zero-order valence-corrected chi connectivity index (χ0v) is 10.4. The predicted octanol–water partition coefficient (Wildman–Crippen LogP) is 2.94. The molecule has 1 aliphatic heterocycles. The highest BCUT2D eigenvalue weighted by atomic mass is 16.6. The van der Waals surface area contributed by atoms with Gasteiger partial charge < -0.3 is 9.47 Å². The first-order chi connectivity index (χ1) is 8.84. The summed E-state index contributed by atoms with van der Waals surface area (Å²) in [5.41, 5.74) is 0. The molecule has 1 saturated heterocycles. The van der Waals surface area contributed by atoms with Gasteiger partial charge in [-0.1, -0.05) is 37.5 Å². The lowest BCUT2D eigenvalue weighted by Gasteiger charge is -2.19. The van der Waals surface area contributed by atoms with Gasteiger partial charge in [-0.05, 0) is 30.9 Å². The summed E-state index contributed by atoms with van der Waals surface area (Å²) in [4.78, 5) is 11.9. The largest absolute Gasteiger partial charge is 0.425 e. The summed E-state index contributed by atoms with van der Waals surface area (Å²) < 4.78 is 10.8. The molecular weight excluding hydrogens is 228 g/mol. The first-order valence-electron chi connectivity index (χ1n) is 6.77. The van der Waals surface area contributed by atoms with Gasteiger partial charge in [0.1, 0.15) is 5.75 Å². The van der Waals surface area contributed by atoms with E-state index in [2.05, 4.69) is 0 Å². The van der Waals surface area contributed by atoms with Gasteiger partial charge in [-0.2, -0.15) is 0 Å². The van der Waals surface area contributed by atoms with Crippen molar-refractivity contribution in [1.29, 1.82) is 0 Å². The highest BCUT2D eigenvalue weighted by molar-refractivity contribution is 5.80. The molecule has 1 aromatic rings. The molecule has 0 N–H and O–H groups in total. The zero-order valence-electron chi connectivity index (χ0n) is 10.4. The molecule has 2 aliphatic rings. The summed E-state index contributed by atoms with van der Waals surface area (Å²) in [5.74, 6) is 0.921. The normalized spacial score (nSPS) is 27.8. The van der Waals surface area contributed by atoms with Crippen molar-refractivity contribution in [2.45, 2.75) is 44.3 Å². The van der Waals surface area contributed by atoms with Gasteiger partial charge >= 0.3 is 5.97 Å². The standard InChI is InChI=1S/C15H18O3/c16-15(17-12-9-5-2-6-10-12)14-13(18-14)11-7-3-1-4-8-11/h2,5-6,9-11,13-14H,1,3-4,7-8H2. The Labute approximate surface area is 107 Å². The van der Waals surface area contributed by atoms with Crippen molar-refractivity contribution < 1.29 is 14.3 Å². The van der Waals surface area contributed by atoms with Gasteiger partial charge in [0.15, 0.2) is 6.10 Å². The van der Waals surface area contributed by atoms with Crippen molar-refractivity contribution in [2.75, 3.05) is 0 Å². The maximum absolute atomic E-state index is 11.9. The molecule has 0 spiro atoms. The summed E-state index contributed by atoms with van der Waals surface area (Å²) in [7, 11) is 0. The van der Waals surface area contributed by atoms with Gasteiger partial charge in [0.25, 0.3) is 0 Å². The molecule has 0 bridgehead atoms. The van der Waals surface area contributed by atoms with E-state index in [1.54, 1.807) is 12.1 Å². The minimum absolute atomic E-state index is 0.113. The monoisotopic (exact) mass is 246 g/mol. The van der Waals surface area contributed by atoms with E-state index in [4.69, 9.17) is 9.47 Å². The third kappa shape index (κ3) is 2.56. The first kappa shape index (κ1) is 11.7. The van der Waals surface area contributed by atoms with E-state index in [1.165, 1.54) is 32.1 Å². The lowest BCUT2D eigenvalue weighted by Crippen LogP contribution is -2.22. The molecule has 0 amide bonds. The Bertz CT molecular complexity index is 409. The van der Waals surface area contributed by atoms with Crippen molar-refractivity contribution in [3.63, 3.8) is 0 Å². The molecule has 3 nitrogen and oxygen atoms in total. The third-order valence-corrected chi connectivity index (χ3v) is 3.83. The fourth-order valence-electron chi connectivity index (χ4n) is 2.80. The molecule has 1 heterocycles. The summed E-state index contributed by atoms with van der Waals surface area (Å²) in [5, 5.41) is 0. The second-order valence-electron chi connectivity index (χ2n) is 5.15. The maximum Gasteiger partial charge on any atom is 0.343 e. The zero-order chi connectivity index (χ0) is 12.4. The Morgan fingerprint density at radius 2 is 1.83 bits per heavy atom. The fourth-order valence-corrected chi connectivity index (χ4v) is 2.80. The molecule has 18 heavy (non-hydrogen) atoms. The van der Waals surface area contributed by atoms with Crippen LogP contribution in [-0.4, -0.2) is 18.2 Å². The van der Waals surface area contributed by atoms with Crippen LogP contribution in [0.3, 0.4) is 0 Å². The number of esters is 1. The quantitative estimate of drug-likeness (QED) is 0.467. The van der Waals surface area contributed by atoms with Crippen LogP contribution in [0.25, 0.3) is 0 Å². The van der Waals surface area contributed by atoms with E-state index in [1.807, 2.05) is 18.2 Å². The van der Waals surface area contributed by atoms with Gasteiger partial charge in [-0.25, -0.2) is 4.79 Å². The Hall–Kier alpha value is -1.35. The molecule has 96 valence electrons. The van der Waals surface area contributed by atoms with E-state index in [9.17, 15) is 4.79 Å². The number of rotatable bonds is 3.